The highest BCUT2D eigenvalue weighted by Gasteiger charge is 2.42. The lowest BCUT2D eigenvalue weighted by Crippen LogP contribution is -3.00. The van der Waals surface area contributed by atoms with E-state index in [9.17, 15) is 10.2 Å². The van der Waals surface area contributed by atoms with Crippen LogP contribution in [0.4, 0.5) is 5.82 Å². The lowest BCUT2D eigenvalue weighted by Gasteiger charge is -2.15. The fourth-order valence-corrected chi connectivity index (χ4v) is 2.66. The van der Waals surface area contributed by atoms with Crippen molar-refractivity contribution in [3.8, 4) is 0 Å². The van der Waals surface area contributed by atoms with Crippen molar-refractivity contribution in [3.63, 3.8) is 0 Å². The number of imidazole rings is 1. The summed E-state index contributed by atoms with van der Waals surface area (Å²) >= 11 is 0. The standard InChI is InChI=1S/C15H21N5O3.BrH/c1-8(2)4-5-19-6-18-14-10(13(19)16)17-7-20(14)15-12(22)11(21)9(3)23-15;/h4,6-7,9,11-12,15-16,21-22H,5H2,1-3H3;1H/t9-,11-,12-,15-;/m1./s1. The van der Waals surface area contributed by atoms with Gasteiger partial charge < -0.3 is 37.7 Å². The van der Waals surface area contributed by atoms with Gasteiger partial charge in [0, 0.05) is 0 Å². The average molecular weight is 400 g/mol. The molecule has 4 atom stereocenters. The Balaban J connectivity index is 0.00000208. The van der Waals surface area contributed by atoms with E-state index in [0.29, 0.717) is 23.5 Å². The molecule has 2 aromatic heterocycles. The minimum Gasteiger partial charge on any atom is -1.00 e. The maximum atomic E-state index is 10.1. The normalized spacial score (nSPS) is 26.4. The highest BCUT2D eigenvalue weighted by Crippen LogP contribution is 2.31. The molecule has 0 spiro atoms. The molecular formula is C15H22BrN5O3. The second-order valence-electron chi connectivity index (χ2n) is 6.10. The smallest absolute Gasteiger partial charge is 0.251 e. The molecular weight excluding hydrogens is 378 g/mol. The van der Waals surface area contributed by atoms with Crippen LogP contribution in [0.3, 0.4) is 0 Å². The van der Waals surface area contributed by atoms with E-state index in [1.165, 1.54) is 11.9 Å². The van der Waals surface area contributed by atoms with Gasteiger partial charge in [-0.05, 0) is 20.8 Å². The van der Waals surface area contributed by atoms with Crippen LogP contribution in [0, 0.1) is 0 Å². The summed E-state index contributed by atoms with van der Waals surface area (Å²) < 4.78 is 9.02. The largest absolute Gasteiger partial charge is 1.00 e. The molecule has 0 saturated carbocycles. The van der Waals surface area contributed by atoms with Crippen molar-refractivity contribution in [2.24, 2.45) is 0 Å². The SMILES string of the molecule is CC(C)=CC[n+]1cnc2c(ncn2[C@@H]2O[C@H](C)[C@@H](O)[C@H]2O)c1N.[Br-]. The molecule has 1 aliphatic heterocycles. The van der Waals surface area contributed by atoms with Gasteiger partial charge in [-0.2, -0.15) is 0 Å². The van der Waals surface area contributed by atoms with Gasteiger partial charge in [-0.1, -0.05) is 16.6 Å². The summed E-state index contributed by atoms with van der Waals surface area (Å²) in [7, 11) is 0. The van der Waals surface area contributed by atoms with E-state index in [2.05, 4.69) is 9.97 Å². The summed E-state index contributed by atoms with van der Waals surface area (Å²) in [5, 5.41) is 20.0. The zero-order valence-corrected chi connectivity index (χ0v) is 15.4. The topological polar surface area (TPSA) is 110 Å². The van der Waals surface area contributed by atoms with Gasteiger partial charge in [0.05, 0.1) is 12.6 Å². The van der Waals surface area contributed by atoms with E-state index in [1.807, 2.05) is 19.9 Å². The van der Waals surface area contributed by atoms with Crippen molar-refractivity contribution in [1.82, 2.24) is 14.5 Å². The van der Waals surface area contributed by atoms with E-state index < -0.39 is 24.5 Å². The Bertz CT molecular complexity index is 759. The number of allylic oxidation sites excluding steroid dienone is 2. The van der Waals surface area contributed by atoms with Gasteiger partial charge in [0.1, 0.15) is 18.5 Å². The first-order valence-corrected chi connectivity index (χ1v) is 7.55. The third kappa shape index (κ3) is 3.16. The molecule has 3 rings (SSSR count). The number of ether oxygens (including phenoxy) is 1. The van der Waals surface area contributed by atoms with Crippen LogP contribution in [0.2, 0.25) is 0 Å². The number of nitrogens with zero attached hydrogens (tertiary/aromatic N) is 4. The second kappa shape index (κ2) is 7.14. The molecule has 0 aliphatic carbocycles. The average Bonchev–Trinajstić information content (AvgIpc) is 3.04. The number of aromatic nitrogens is 4. The fraction of sp³-hybridized carbons (Fsp3) is 0.533. The minimum absolute atomic E-state index is 0. The quantitative estimate of drug-likeness (QED) is 0.372. The molecule has 1 fully saturated rings. The van der Waals surface area contributed by atoms with Gasteiger partial charge in [-0.3, -0.25) is 4.57 Å². The van der Waals surface area contributed by atoms with Gasteiger partial charge in [-0.25, -0.2) is 9.55 Å². The number of fused-ring (bicyclic) bond motifs is 1. The number of rotatable bonds is 3. The van der Waals surface area contributed by atoms with Gasteiger partial charge in [0.15, 0.2) is 11.7 Å². The highest BCUT2D eigenvalue weighted by atomic mass is 79.9. The van der Waals surface area contributed by atoms with E-state index in [0.717, 1.165) is 0 Å². The molecule has 0 unspecified atom stereocenters. The van der Waals surface area contributed by atoms with Crippen LogP contribution in [0.1, 0.15) is 27.0 Å². The summed E-state index contributed by atoms with van der Waals surface area (Å²) in [4.78, 5) is 8.69. The number of hydrogen-bond donors (Lipinski definition) is 3. The Hall–Kier alpha value is -1.55. The summed E-state index contributed by atoms with van der Waals surface area (Å²) in [6, 6.07) is 0. The Morgan fingerprint density at radius 3 is 2.67 bits per heavy atom. The van der Waals surface area contributed by atoms with Crippen molar-refractivity contribution < 1.29 is 36.5 Å². The number of aliphatic hydroxyl groups is 2. The number of hydrogen-bond acceptors (Lipinski definition) is 6. The Kier molecular flexibility index (Phi) is 5.59. The van der Waals surface area contributed by atoms with Crippen LogP contribution in [0.5, 0.6) is 0 Å². The molecule has 24 heavy (non-hydrogen) atoms. The summed E-state index contributed by atoms with van der Waals surface area (Å²) in [5.74, 6) is 0.493. The molecule has 0 radical (unpaired) electrons. The van der Waals surface area contributed by atoms with E-state index in [-0.39, 0.29) is 17.0 Å². The molecule has 3 heterocycles. The van der Waals surface area contributed by atoms with Crippen LogP contribution < -0.4 is 27.3 Å². The van der Waals surface area contributed by atoms with Crippen molar-refractivity contribution in [1.29, 1.82) is 0 Å². The van der Waals surface area contributed by atoms with Crippen LogP contribution in [0.15, 0.2) is 24.3 Å². The third-order valence-electron chi connectivity index (χ3n) is 4.09. The molecule has 9 heteroatoms. The lowest BCUT2D eigenvalue weighted by atomic mass is 10.1. The molecule has 4 N–H and O–H groups in total. The second-order valence-corrected chi connectivity index (χ2v) is 6.10. The minimum atomic E-state index is -1.04. The number of nitrogen functional groups attached to an aromatic ring is 1. The first-order chi connectivity index (χ1) is 10.9. The van der Waals surface area contributed by atoms with Gasteiger partial charge in [-0.15, -0.1) is 0 Å². The van der Waals surface area contributed by atoms with Crippen molar-refractivity contribution in [3.05, 3.63) is 24.3 Å². The van der Waals surface area contributed by atoms with E-state index >= 15 is 0 Å². The van der Waals surface area contributed by atoms with Crippen LogP contribution in [-0.4, -0.2) is 43.1 Å². The zero-order valence-electron chi connectivity index (χ0n) is 13.8. The Morgan fingerprint density at radius 2 is 2.08 bits per heavy atom. The van der Waals surface area contributed by atoms with Gasteiger partial charge in [0.2, 0.25) is 12.0 Å². The van der Waals surface area contributed by atoms with Gasteiger partial charge in [0.25, 0.3) is 5.82 Å². The van der Waals surface area contributed by atoms with Crippen molar-refractivity contribution in [2.45, 2.75) is 51.9 Å². The van der Waals surface area contributed by atoms with Crippen LogP contribution >= 0.6 is 0 Å². The highest BCUT2D eigenvalue weighted by molar-refractivity contribution is 5.79. The lowest BCUT2D eigenvalue weighted by molar-refractivity contribution is -0.674. The molecule has 0 aromatic carbocycles. The fourth-order valence-electron chi connectivity index (χ4n) is 2.66. The van der Waals surface area contributed by atoms with Crippen molar-refractivity contribution in [2.75, 3.05) is 5.73 Å². The maximum Gasteiger partial charge on any atom is 0.251 e. The predicted molar refractivity (Wildman–Crippen MR) is 83.2 cm³/mol. The molecule has 1 saturated heterocycles. The Morgan fingerprint density at radius 1 is 1.38 bits per heavy atom. The molecule has 1 aliphatic rings. The molecule has 0 amide bonds. The van der Waals surface area contributed by atoms with Crippen LogP contribution in [0.25, 0.3) is 11.2 Å². The van der Waals surface area contributed by atoms with Crippen LogP contribution in [-0.2, 0) is 11.3 Å². The van der Waals surface area contributed by atoms with E-state index in [4.69, 9.17) is 10.5 Å². The number of anilines is 1. The maximum absolute atomic E-state index is 10.1. The number of nitrogens with two attached hydrogens (primary N) is 1. The third-order valence-corrected chi connectivity index (χ3v) is 4.09. The number of aliphatic hydroxyl groups excluding tert-OH is 2. The summed E-state index contributed by atoms with van der Waals surface area (Å²) in [6.07, 6.45) is 2.03. The predicted octanol–water partition coefficient (Wildman–Crippen LogP) is -3.09. The molecule has 2 aromatic rings. The number of halogens is 1. The summed E-state index contributed by atoms with van der Waals surface area (Å²) in [6.45, 7) is 6.36. The molecule has 0 bridgehead atoms. The summed E-state index contributed by atoms with van der Waals surface area (Å²) in [5.41, 5.74) is 8.42. The molecule has 8 nitrogen and oxygen atoms in total. The monoisotopic (exact) mass is 399 g/mol. The zero-order chi connectivity index (χ0) is 16.7. The first-order valence-electron chi connectivity index (χ1n) is 7.55. The first kappa shape index (κ1) is 18.8. The Labute approximate surface area is 150 Å². The molecule has 132 valence electrons. The van der Waals surface area contributed by atoms with Gasteiger partial charge >= 0.3 is 0 Å². The van der Waals surface area contributed by atoms with Crippen molar-refractivity contribution >= 4 is 17.0 Å². The van der Waals surface area contributed by atoms with E-state index in [1.54, 1.807) is 22.4 Å².